The van der Waals surface area contributed by atoms with E-state index in [1.807, 2.05) is 0 Å². The van der Waals surface area contributed by atoms with Gasteiger partial charge in [0.25, 0.3) is 5.56 Å². The van der Waals surface area contributed by atoms with Crippen LogP contribution in [0.4, 0.5) is 10.1 Å². The number of aromatic nitrogens is 2. The van der Waals surface area contributed by atoms with Crippen molar-refractivity contribution in [2.45, 2.75) is 26.5 Å². The highest BCUT2D eigenvalue weighted by Gasteiger charge is 2.16. The molecule has 0 aliphatic rings. The van der Waals surface area contributed by atoms with Crippen molar-refractivity contribution in [1.29, 1.82) is 0 Å². The van der Waals surface area contributed by atoms with E-state index in [-0.39, 0.29) is 24.0 Å². The van der Waals surface area contributed by atoms with E-state index in [2.05, 4.69) is 10.3 Å². The molecule has 4 aromatic rings. The van der Waals surface area contributed by atoms with Crippen LogP contribution in [0.3, 0.4) is 0 Å². The van der Waals surface area contributed by atoms with Crippen molar-refractivity contribution >= 4 is 39.1 Å². The van der Waals surface area contributed by atoms with Gasteiger partial charge in [0.05, 0.1) is 23.4 Å². The van der Waals surface area contributed by atoms with Gasteiger partial charge in [-0.25, -0.2) is 14.2 Å². The molecule has 1 N–H and O–H groups in total. The summed E-state index contributed by atoms with van der Waals surface area (Å²) in [5.41, 5.74) is 1.67. The Bertz CT molecular complexity index is 1390. The van der Waals surface area contributed by atoms with Gasteiger partial charge in [-0.05, 0) is 49.7 Å². The minimum Gasteiger partial charge on any atom is -0.459 e. The van der Waals surface area contributed by atoms with Gasteiger partial charge in [0.15, 0.2) is 0 Å². The van der Waals surface area contributed by atoms with Crippen LogP contribution in [0.25, 0.3) is 21.3 Å². The molecule has 2 heterocycles. The van der Waals surface area contributed by atoms with Crippen LogP contribution < -0.4 is 10.9 Å². The molecule has 33 heavy (non-hydrogen) atoms. The first-order chi connectivity index (χ1) is 15.8. The van der Waals surface area contributed by atoms with Gasteiger partial charge in [-0.1, -0.05) is 18.2 Å². The molecule has 0 radical (unpaired) electrons. The summed E-state index contributed by atoms with van der Waals surface area (Å²) in [5.74, 6) is -1.31. The maximum Gasteiger partial charge on any atom is 0.338 e. The number of fused-ring (bicyclic) bond motifs is 1. The quantitative estimate of drug-likeness (QED) is 0.425. The van der Waals surface area contributed by atoms with Gasteiger partial charge in [0, 0.05) is 16.6 Å². The third kappa shape index (κ3) is 4.98. The smallest absolute Gasteiger partial charge is 0.338 e. The van der Waals surface area contributed by atoms with Gasteiger partial charge in [-0.3, -0.25) is 14.2 Å². The lowest BCUT2D eigenvalue weighted by Crippen LogP contribution is -2.27. The van der Waals surface area contributed by atoms with E-state index >= 15 is 0 Å². The summed E-state index contributed by atoms with van der Waals surface area (Å²) >= 11 is 1.30. The molecule has 0 unspecified atom stereocenters. The van der Waals surface area contributed by atoms with Gasteiger partial charge in [0.1, 0.15) is 17.2 Å². The first kappa shape index (κ1) is 22.3. The zero-order valence-electron chi connectivity index (χ0n) is 17.9. The first-order valence-corrected chi connectivity index (χ1v) is 11.0. The molecule has 0 saturated heterocycles. The fraction of sp³-hybridized carbons (Fsp3) is 0.167. The maximum atomic E-state index is 13.3. The minimum absolute atomic E-state index is 0.262. The van der Waals surface area contributed by atoms with E-state index in [1.54, 1.807) is 49.6 Å². The second kappa shape index (κ2) is 9.33. The number of rotatable bonds is 6. The lowest BCUT2D eigenvalue weighted by atomic mass is 10.1. The number of benzene rings is 2. The summed E-state index contributed by atoms with van der Waals surface area (Å²) in [6.07, 6.45) is 1.06. The molecule has 2 aromatic carbocycles. The SMILES string of the molecule is CC(C)OC(=O)c1cccc(NC(=O)Cn2cnc3scc(-c4ccc(F)cc4)c3c2=O)c1. The highest BCUT2D eigenvalue weighted by atomic mass is 32.1. The number of hydrogen-bond acceptors (Lipinski definition) is 6. The fourth-order valence-corrected chi connectivity index (χ4v) is 4.19. The van der Waals surface area contributed by atoms with Crippen molar-refractivity contribution < 1.29 is 18.7 Å². The van der Waals surface area contributed by atoms with Crippen LogP contribution in [-0.4, -0.2) is 27.5 Å². The Morgan fingerprint density at radius 1 is 1.18 bits per heavy atom. The van der Waals surface area contributed by atoms with Crippen LogP contribution >= 0.6 is 11.3 Å². The lowest BCUT2D eigenvalue weighted by Gasteiger charge is -2.10. The van der Waals surface area contributed by atoms with Crippen molar-refractivity contribution in [1.82, 2.24) is 9.55 Å². The summed E-state index contributed by atoms with van der Waals surface area (Å²) < 4.78 is 19.7. The number of anilines is 1. The van der Waals surface area contributed by atoms with E-state index in [4.69, 9.17) is 4.74 Å². The summed E-state index contributed by atoms with van der Waals surface area (Å²) in [7, 11) is 0. The molecular weight excluding hydrogens is 445 g/mol. The Balaban J connectivity index is 1.56. The maximum absolute atomic E-state index is 13.3. The Labute approximate surface area is 192 Å². The molecule has 0 bridgehead atoms. The Kier molecular flexibility index (Phi) is 6.32. The molecule has 0 atom stereocenters. The van der Waals surface area contributed by atoms with Crippen molar-refractivity contribution in [3.8, 4) is 11.1 Å². The van der Waals surface area contributed by atoms with Gasteiger partial charge < -0.3 is 10.1 Å². The van der Waals surface area contributed by atoms with Crippen LogP contribution in [0.1, 0.15) is 24.2 Å². The molecule has 0 aliphatic heterocycles. The second-order valence-corrected chi connectivity index (χ2v) is 8.46. The molecule has 0 saturated carbocycles. The van der Waals surface area contributed by atoms with Gasteiger partial charge >= 0.3 is 5.97 Å². The largest absolute Gasteiger partial charge is 0.459 e. The molecule has 4 rings (SSSR count). The molecule has 0 fully saturated rings. The Morgan fingerprint density at radius 3 is 2.67 bits per heavy atom. The second-order valence-electron chi connectivity index (χ2n) is 7.60. The monoisotopic (exact) mass is 465 g/mol. The number of carbonyl (C=O) groups is 2. The summed E-state index contributed by atoms with van der Waals surface area (Å²) in [4.78, 5) is 42.6. The average Bonchev–Trinajstić information content (AvgIpc) is 3.21. The van der Waals surface area contributed by atoms with Gasteiger partial charge in [-0.2, -0.15) is 0 Å². The van der Waals surface area contributed by atoms with Crippen molar-refractivity contribution in [3.05, 3.63) is 82.0 Å². The molecule has 2 aromatic heterocycles. The standard InChI is InChI=1S/C24H20FN3O4S/c1-14(2)32-24(31)16-4-3-5-18(10-16)27-20(29)11-28-13-26-22-21(23(28)30)19(12-33-22)15-6-8-17(25)9-7-15/h3-10,12-14H,11H2,1-2H3,(H,27,29). The first-order valence-electron chi connectivity index (χ1n) is 10.2. The number of nitrogens with one attached hydrogen (secondary N) is 1. The molecular formula is C24H20FN3O4S. The minimum atomic E-state index is -0.488. The van der Waals surface area contributed by atoms with E-state index in [9.17, 15) is 18.8 Å². The zero-order chi connectivity index (χ0) is 23.5. The van der Waals surface area contributed by atoms with Crippen LogP contribution in [0.15, 0.2) is 65.0 Å². The molecule has 9 heteroatoms. The number of amides is 1. The van der Waals surface area contributed by atoms with Crippen molar-refractivity contribution in [3.63, 3.8) is 0 Å². The summed E-state index contributed by atoms with van der Waals surface area (Å²) in [5, 5.41) is 4.85. The van der Waals surface area contributed by atoms with E-state index in [1.165, 1.54) is 40.4 Å². The molecule has 7 nitrogen and oxygen atoms in total. The molecule has 168 valence electrons. The van der Waals surface area contributed by atoms with Crippen molar-refractivity contribution in [2.75, 3.05) is 5.32 Å². The molecule has 1 amide bonds. The lowest BCUT2D eigenvalue weighted by molar-refractivity contribution is -0.116. The van der Waals surface area contributed by atoms with Gasteiger partial charge in [-0.15, -0.1) is 11.3 Å². The number of halogens is 1. The summed E-state index contributed by atoms with van der Waals surface area (Å²) in [6.45, 7) is 3.24. The topological polar surface area (TPSA) is 90.3 Å². The van der Waals surface area contributed by atoms with Crippen LogP contribution in [-0.2, 0) is 16.1 Å². The van der Waals surface area contributed by atoms with Crippen molar-refractivity contribution in [2.24, 2.45) is 0 Å². The normalized spacial score (nSPS) is 11.0. The number of hydrogen-bond donors (Lipinski definition) is 1. The number of nitrogens with zero attached hydrogens (tertiary/aromatic N) is 2. The molecule has 0 aliphatic carbocycles. The number of esters is 1. The Morgan fingerprint density at radius 2 is 1.94 bits per heavy atom. The fourth-order valence-electron chi connectivity index (χ4n) is 3.28. The number of carbonyl (C=O) groups excluding carboxylic acids is 2. The Hall–Kier alpha value is -3.85. The number of ether oxygens (including phenoxy) is 1. The third-order valence-corrected chi connectivity index (χ3v) is 5.64. The predicted molar refractivity (Wildman–Crippen MR) is 125 cm³/mol. The zero-order valence-corrected chi connectivity index (χ0v) is 18.7. The van der Waals surface area contributed by atoms with Crippen LogP contribution in [0.5, 0.6) is 0 Å². The van der Waals surface area contributed by atoms with E-state index in [0.29, 0.717) is 32.6 Å². The van der Waals surface area contributed by atoms with Gasteiger partial charge in [0.2, 0.25) is 5.91 Å². The van der Waals surface area contributed by atoms with E-state index < -0.39 is 11.9 Å². The summed E-state index contributed by atoms with van der Waals surface area (Å²) in [6, 6.07) is 12.2. The predicted octanol–water partition coefficient (Wildman–Crippen LogP) is 4.47. The van der Waals surface area contributed by atoms with E-state index in [0.717, 1.165) is 0 Å². The highest BCUT2D eigenvalue weighted by molar-refractivity contribution is 7.17. The van der Waals surface area contributed by atoms with Crippen LogP contribution in [0.2, 0.25) is 0 Å². The number of thiophene rings is 1. The average molecular weight is 466 g/mol. The third-order valence-electron chi connectivity index (χ3n) is 4.75. The van der Waals surface area contributed by atoms with Crippen LogP contribution in [0, 0.1) is 5.82 Å². The highest BCUT2D eigenvalue weighted by Crippen LogP contribution is 2.30. The molecule has 0 spiro atoms.